The molecule has 0 amide bonds. The molecule has 1 aliphatic heterocycles. The predicted octanol–water partition coefficient (Wildman–Crippen LogP) is 5.84. The zero-order valence-corrected chi connectivity index (χ0v) is 21.6. The van der Waals surface area contributed by atoms with Crippen molar-refractivity contribution in [1.82, 2.24) is 24.8 Å². The maximum atomic E-state index is 6.15. The van der Waals surface area contributed by atoms with Gasteiger partial charge in [0, 0.05) is 42.1 Å². The Morgan fingerprint density at radius 2 is 1.80 bits per heavy atom. The number of aryl methyl sites for hydroxylation is 1. The molecule has 0 atom stereocenters. The first-order chi connectivity index (χ1) is 17.1. The van der Waals surface area contributed by atoms with Gasteiger partial charge in [0.1, 0.15) is 11.5 Å². The van der Waals surface area contributed by atoms with Crippen LogP contribution in [0.25, 0.3) is 11.0 Å². The molecule has 0 saturated carbocycles. The number of anilines is 2. The first-order valence-electron chi connectivity index (χ1n) is 12.2. The number of hydrogen-bond donors (Lipinski definition) is 2. The van der Waals surface area contributed by atoms with E-state index in [4.69, 9.17) is 9.72 Å². The summed E-state index contributed by atoms with van der Waals surface area (Å²) in [6.45, 7) is 5.43. The molecule has 4 aromatic rings. The molecular weight excluding hydrogens is 504 g/mol. The fourth-order valence-corrected chi connectivity index (χ4v) is 4.68. The molecule has 182 valence electrons. The Labute approximate surface area is 214 Å². The quantitative estimate of drug-likeness (QED) is 0.249. The standard InChI is InChI=1S/C27H31BrN6O/c1-33-26-10-9-23(18-25(26)32-27(33)31-21-7-5-20(28)6-8-21)35-24-11-13-30-22(17-24)19-29-12-4-16-34-14-2-3-15-34/h5-11,13,17-18,29H,2-4,12,14-16,19H2,1H3,(H,31,32). The van der Waals surface area contributed by atoms with Crippen molar-refractivity contribution in [3.8, 4) is 11.5 Å². The molecule has 1 aliphatic rings. The number of pyridine rings is 1. The lowest BCUT2D eigenvalue weighted by Crippen LogP contribution is -2.24. The summed E-state index contributed by atoms with van der Waals surface area (Å²) in [5.41, 5.74) is 3.87. The highest BCUT2D eigenvalue weighted by Gasteiger charge is 2.11. The van der Waals surface area contributed by atoms with Crippen LogP contribution in [0.5, 0.6) is 11.5 Å². The second-order valence-electron chi connectivity index (χ2n) is 8.94. The highest BCUT2D eigenvalue weighted by atomic mass is 79.9. The minimum Gasteiger partial charge on any atom is -0.457 e. The van der Waals surface area contributed by atoms with Crippen LogP contribution in [0.3, 0.4) is 0 Å². The molecule has 2 aromatic carbocycles. The van der Waals surface area contributed by atoms with Gasteiger partial charge in [0.15, 0.2) is 0 Å². The molecule has 0 spiro atoms. The first kappa shape index (κ1) is 23.8. The summed E-state index contributed by atoms with van der Waals surface area (Å²) in [6, 6.07) is 17.9. The van der Waals surface area contributed by atoms with E-state index in [1.807, 2.05) is 66.2 Å². The molecule has 0 radical (unpaired) electrons. The van der Waals surface area contributed by atoms with Gasteiger partial charge >= 0.3 is 0 Å². The van der Waals surface area contributed by atoms with E-state index in [0.717, 1.165) is 57.4 Å². The molecule has 0 aliphatic carbocycles. The van der Waals surface area contributed by atoms with E-state index < -0.39 is 0 Å². The van der Waals surface area contributed by atoms with Gasteiger partial charge in [-0.3, -0.25) is 4.98 Å². The SMILES string of the molecule is Cn1c(Nc2ccc(Br)cc2)nc2cc(Oc3ccnc(CNCCCN4CCCC4)c3)ccc21. The highest BCUT2D eigenvalue weighted by Crippen LogP contribution is 2.28. The predicted molar refractivity (Wildman–Crippen MR) is 144 cm³/mol. The summed E-state index contributed by atoms with van der Waals surface area (Å²) in [5, 5.41) is 6.89. The van der Waals surface area contributed by atoms with E-state index >= 15 is 0 Å². The topological polar surface area (TPSA) is 67.2 Å². The lowest BCUT2D eigenvalue weighted by atomic mass is 10.3. The van der Waals surface area contributed by atoms with Gasteiger partial charge < -0.3 is 24.8 Å². The third-order valence-corrected chi connectivity index (χ3v) is 6.84. The van der Waals surface area contributed by atoms with Crippen molar-refractivity contribution < 1.29 is 4.74 Å². The van der Waals surface area contributed by atoms with Crippen molar-refractivity contribution in [2.75, 3.05) is 31.5 Å². The molecule has 0 bridgehead atoms. The van der Waals surface area contributed by atoms with Crippen LogP contribution in [0.15, 0.2) is 65.3 Å². The molecule has 1 saturated heterocycles. The number of likely N-dealkylation sites (tertiary alicyclic amines) is 1. The number of benzene rings is 2. The molecule has 1 fully saturated rings. The molecule has 8 heteroatoms. The largest absolute Gasteiger partial charge is 0.457 e. The van der Waals surface area contributed by atoms with Crippen molar-refractivity contribution in [2.24, 2.45) is 7.05 Å². The van der Waals surface area contributed by atoms with Crippen molar-refractivity contribution in [3.63, 3.8) is 0 Å². The van der Waals surface area contributed by atoms with Gasteiger partial charge in [-0.05, 0) is 87.9 Å². The van der Waals surface area contributed by atoms with E-state index in [0.29, 0.717) is 0 Å². The number of aromatic nitrogens is 3. The molecule has 35 heavy (non-hydrogen) atoms. The maximum Gasteiger partial charge on any atom is 0.208 e. The molecule has 7 nitrogen and oxygen atoms in total. The molecule has 0 unspecified atom stereocenters. The number of hydrogen-bond acceptors (Lipinski definition) is 6. The fraction of sp³-hybridized carbons (Fsp3) is 0.333. The maximum absolute atomic E-state index is 6.15. The fourth-order valence-electron chi connectivity index (χ4n) is 4.42. The minimum atomic E-state index is 0.738. The highest BCUT2D eigenvalue weighted by molar-refractivity contribution is 9.10. The van der Waals surface area contributed by atoms with Crippen LogP contribution in [0.1, 0.15) is 25.0 Å². The van der Waals surface area contributed by atoms with Crippen molar-refractivity contribution in [2.45, 2.75) is 25.8 Å². The van der Waals surface area contributed by atoms with E-state index in [1.54, 1.807) is 6.20 Å². The summed E-state index contributed by atoms with van der Waals surface area (Å²) >= 11 is 3.47. The van der Waals surface area contributed by atoms with Gasteiger partial charge in [0.25, 0.3) is 0 Å². The van der Waals surface area contributed by atoms with Crippen LogP contribution in [-0.2, 0) is 13.6 Å². The molecule has 2 N–H and O–H groups in total. The summed E-state index contributed by atoms with van der Waals surface area (Å²) in [6.07, 6.45) is 5.66. The van der Waals surface area contributed by atoms with Crippen LogP contribution in [-0.4, -0.2) is 45.6 Å². The summed E-state index contributed by atoms with van der Waals surface area (Å²) in [4.78, 5) is 11.8. The van der Waals surface area contributed by atoms with Crippen molar-refractivity contribution >= 4 is 38.6 Å². The monoisotopic (exact) mass is 534 g/mol. The molecule has 5 rings (SSSR count). The lowest BCUT2D eigenvalue weighted by molar-refractivity contribution is 0.331. The normalized spacial score (nSPS) is 14.0. The number of nitrogens with one attached hydrogen (secondary N) is 2. The number of halogens is 1. The van der Waals surface area contributed by atoms with Crippen LogP contribution in [0.2, 0.25) is 0 Å². The smallest absolute Gasteiger partial charge is 0.208 e. The summed E-state index contributed by atoms with van der Waals surface area (Å²) in [7, 11) is 2.00. The summed E-state index contributed by atoms with van der Waals surface area (Å²) < 4.78 is 9.24. The zero-order valence-electron chi connectivity index (χ0n) is 20.0. The molecule has 3 heterocycles. The Morgan fingerprint density at radius 3 is 2.63 bits per heavy atom. The lowest BCUT2D eigenvalue weighted by Gasteiger charge is -2.14. The second-order valence-corrected chi connectivity index (χ2v) is 9.86. The second kappa shape index (κ2) is 11.2. The van der Waals surface area contributed by atoms with Gasteiger partial charge in [-0.15, -0.1) is 0 Å². The van der Waals surface area contributed by atoms with Crippen LogP contribution >= 0.6 is 15.9 Å². The van der Waals surface area contributed by atoms with Gasteiger partial charge in [-0.25, -0.2) is 4.98 Å². The number of ether oxygens (including phenoxy) is 1. The van der Waals surface area contributed by atoms with Crippen LogP contribution in [0, 0.1) is 0 Å². The van der Waals surface area contributed by atoms with Crippen molar-refractivity contribution in [3.05, 3.63) is 71.0 Å². The Hall–Kier alpha value is -2.94. The van der Waals surface area contributed by atoms with Gasteiger partial charge in [0.2, 0.25) is 5.95 Å². The Morgan fingerprint density at radius 1 is 1.00 bits per heavy atom. The van der Waals surface area contributed by atoms with E-state index in [1.165, 1.54) is 38.9 Å². The van der Waals surface area contributed by atoms with E-state index in [2.05, 4.69) is 36.4 Å². The van der Waals surface area contributed by atoms with E-state index in [9.17, 15) is 0 Å². The molecule has 2 aromatic heterocycles. The Kier molecular flexibility index (Phi) is 7.61. The van der Waals surface area contributed by atoms with Crippen LogP contribution < -0.4 is 15.4 Å². The molecular formula is C27H31BrN6O. The zero-order chi connectivity index (χ0) is 24.0. The average Bonchev–Trinajstić information content (AvgIpc) is 3.48. The number of imidazole rings is 1. The summed E-state index contributed by atoms with van der Waals surface area (Å²) in [5.74, 6) is 2.31. The van der Waals surface area contributed by atoms with Gasteiger partial charge in [-0.2, -0.15) is 0 Å². The van der Waals surface area contributed by atoms with Crippen molar-refractivity contribution in [1.29, 1.82) is 0 Å². The minimum absolute atomic E-state index is 0.738. The van der Waals surface area contributed by atoms with Crippen LogP contribution in [0.4, 0.5) is 11.6 Å². The number of rotatable bonds is 10. The Balaban J connectivity index is 1.19. The number of fused-ring (bicyclic) bond motifs is 1. The third-order valence-electron chi connectivity index (χ3n) is 6.31. The third kappa shape index (κ3) is 6.20. The first-order valence-corrected chi connectivity index (χ1v) is 13.0. The van der Waals surface area contributed by atoms with Gasteiger partial charge in [0.05, 0.1) is 16.7 Å². The van der Waals surface area contributed by atoms with E-state index in [-0.39, 0.29) is 0 Å². The average molecular weight is 535 g/mol. The number of nitrogens with zero attached hydrogens (tertiary/aromatic N) is 4. The Bertz CT molecular complexity index is 1270. The van der Waals surface area contributed by atoms with Gasteiger partial charge in [-0.1, -0.05) is 15.9 Å².